The largest absolute Gasteiger partial charge is 0.480 e. The second-order valence-corrected chi connectivity index (χ2v) is 3.36. The maximum Gasteiger partial charge on any atom is 0.326 e. The number of nitrogens with two attached hydrogens (primary N) is 1. The molecular formula is C9H11N3O2. The van der Waals surface area contributed by atoms with Crippen LogP contribution in [0.5, 0.6) is 0 Å². The van der Waals surface area contributed by atoms with Crippen LogP contribution < -0.4 is 5.73 Å². The van der Waals surface area contributed by atoms with Crippen molar-refractivity contribution < 1.29 is 9.90 Å². The zero-order valence-corrected chi connectivity index (χ0v) is 7.60. The van der Waals surface area contributed by atoms with E-state index in [1.54, 1.807) is 0 Å². The van der Waals surface area contributed by atoms with Gasteiger partial charge in [0.15, 0.2) is 0 Å². The van der Waals surface area contributed by atoms with Crippen LogP contribution in [0.4, 0.5) is 0 Å². The molecule has 0 saturated carbocycles. The number of fused-ring (bicyclic) bond motifs is 1. The van der Waals surface area contributed by atoms with Gasteiger partial charge in [-0.25, -0.2) is 0 Å². The molecular weight excluding hydrogens is 182 g/mol. The van der Waals surface area contributed by atoms with Crippen molar-refractivity contribution in [2.45, 2.75) is 25.3 Å². The van der Waals surface area contributed by atoms with Gasteiger partial charge in [0.2, 0.25) is 0 Å². The van der Waals surface area contributed by atoms with Crippen molar-refractivity contribution >= 4 is 5.97 Å². The lowest BCUT2D eigenvalue weighted by Gasteiger charge is -2.06. The van der Waals surface area contributed by atoms with E-state index >= 15 is 0 Å². The van der Waals surface area contributed by atoms with Crippen LogP contribution in [-0.2, 0) is 17.6 Å². The predicted octanol–water partition coefficient (Wildman–Crippen LogP) is 0.0497. The minimum atomic E-state index is -1.07. The maximum absolute atomic E-state index is 10.6. The Balaban J connectivity index is 2.33. The lowest BCUT2D eigenvalue weighted by atomic mass is 10.2. The van der Waals surface area contributed by atoms with Gasteiger partial charge in [-0.2, -0.15) is 0 Å². The van der Waals surface area contributed by atoms with Crippen molar-refractivity contribution in [3.05, 3.63) is 23.3 Å². The number of aryl methyl sites for hydroxylation is 2. The molecule has 0 fully saturated rings. The molecule has 0 aromatic carbocycles. The van der Waals surface area contributed by atoms with Crippen LogP contribution in [0.15, 0.2) is 6.20 Å². The molecule has 1 aliphatic rings. The maximum atomic E-state index is 10.6. The van der Waals surface area contributed by atoms with Gasteiger partial charge in [-0.05, 0) is 19.3 Å². The van der Waals surface area contributed by atoms with Crippen molar-refractivity contribution in [2.75, 3.05) is 0 Å². The molecule has 5 heteroatoms. The van der Waals surface area contributed by atoms with E-state index < -0.39 is 12.0 Å². The summed E-state index contributed by atoms with van der Waals surface area (Å²) < 4.78 is 0. The summed E-state index contributed by atoms with van der Waals surface area (Å²) in [5.74, 6) is -1.07. The number of hydrogen-bond donors (Lipinski definition) is 2. The van der Waals surface area contributed by atoms with Gasteiger partial charge in [0.1, 0.15) is 6.04 Å². The SMILES string of the molecule is NC(C(=O)O)c1cnc2c(n1)CCC2. The summed E-state index contributed by atoms with van der Waals surface area (Å²) in [6.07, 6.45) is 4.32. The summed E-state index contributed by atoms with van der Waals surface area (Å²) >= 11 is 0. The fourth-order valence-electron chi connectivity index (χ4n) is 1.58. The van der Waals surface area contributed by atoms with Crippen molar-refractivity contribution in [2.24, 2.45) is 5.73 Å². The van der Waals surface area contributed by atoms with E-state index in [-0.39, 0.29) is 0 Å². The standard InChI is InChI=1S/C9H11N3O2/c10-8(9(13)14)7-4-11-5-2-1-3-6(5)12-7/h4,8H,1-3,10H2,(H,13,14). The number of carboxylic acid groups (broad SMARTS) is 1. The summed E-state index contributed by atoms with van der Waals surface area (Å²) in [4.78, 5) is 19.0. The van der Waals surface area contributed by atoms with Crippen molar-refractivity contribution in [3.63, 3.8) is 0 Å². The molecule has 2 rings (SSSR count). The fourth-order valence-corrected chi connectivity index (χ4v) is 1.58. The van der Waals surface area contributed by atoms with Gasteiger partial charge in [-0.3, -0.25) is 14.8 Å². The highest BCUT2D eigenvalue weighted by Gasteiger charge is 2.20. The Morgan fingerprint density at radius 1 is 1.50 bits per heavy atom. The zero-order chi connectivity index (χ0) is 10.1. The number of hydrogen-bond acceptors (Lipinski definition) is 4. The molecule has 14 heavy (non-hydrogen) atoms. The first kappa shape index (κ1) is 9.08. The number of rotatable bonds is 2. The molecule has 0 saturated heterocycles. The van der Waals surface area contributed by atoms with E-state index in [1.165, 1.54) is 6.20 Å². The molecule has 1 atom stereocenters. The summed E-state index contributed by atoms with van der Waals surface area (Å²) in [5.41, 5.74) is 7.66. The summed E-state index contributed by atoms with van der Waals surface area (Å²) in [6, 6.07) is -1.06. The van der Waals surface area contributed by atoms with Crippen molar-refractivity contribution in [3.8, 4) is 0 Å². The molecule has 0 amide bonds. The van der Waals surface area contributed by atoms with Gasteiger partial charge in [0.05, 0.1) is 23.3 Å². The molecule has 0 bridgehead atoms. The van der Waals surface area contributed by atoms with Gasteiger partial charge in [-0.15, -0.1) is 0 Å². The molecule has 0 aliphatic heterocycles. The Hall–Kier alpha value is -1.49. The monoisotopic (exact) mass is 193 g/mol. The topological polar surface area (TPSA) is 89.1 Å². The lowest BCUT2D eigenvalue weighted by Crippen LogP contribution is -2.22. The first-order valence-corrected chi connectivity index (χ1v) is 4.51. The smallest absolute Gasteiger partial charge is 0.326 e. The molecule has 0 spiro atoms. The van der Waals surface area contributed by atoms with Gasteiger partial charge in [0.25, 0.3) is 0 Å². The van der Waals surface area contributed by atoms with Crippen LogP contribution in [0.2, 0.25) is 0 Å². The molecule has 1 heterocycles. The third-order valence-electron chi connectivity index (χ3n) is 2.36. The molecule has 74 valence electrons. The Morgan fingerprint density at radius 2 is 2.21 bits per heavy atom. The fraction of sp³-hybridized carbons (Fsp3) is 0.444. The highest BCUT2D eigenvalue weighted by Crippen LogP contribution is 2.19. The summed E-state index contributed by atoms with van der Waals surface area (Å²) in [5, 5.41) is 8.69. The van der Waals surface area contributed by atoms with E-state index in [4.69, 9.17) is 10.8 Å². The molecule has 1 aromatic rings. The van der Waals surface area contributed by atoms with E-state index in [9.17, 15) is 4.79 Å². The van der Waals surface area contributed by atoms with Gasteiger partial charge in [-0.1, -0.05) is 0 Å². The summed E-state index contributed by atoms with van der Waals surface area (Å²) in [6.45, 7) is 0. The molecule has 1 aromatic heterocycles. The lowest BCUT2D eigenvalue weighted by molar-refractivity contribution is -0.138. The van der Waals surface area contributed by atoms with Crippen LogP contribution in [0.25, 0.3) is 0 Å². The van der Waals surface area contributed by atoms with Gasteiger partial charge >= 0.3 is 5.97 Å². The van der Waals surface area contributed by atoms with Gasteiger partial charge < -0.3 is 10.8 Å². The highest BCUT2D eigenvalue weighted by atomic mass is 16.4. The van der Waals surface area contributed by atoms with Crippen LogP contribution in [0.1, 0.15) is 29.5 Å². The average Bonchev–Trinajstić information content (AvgIpc) is 2.62. The Kier molecular flexibility index (Phi) is 2.17. The predicted molar refractivity (Wildman–Crippen MR) is 48.6 cm³/mol. The van der Waals surface area contributed by atoms with Crippen LogP contribution >= 0.6 is 0 Å². The van der Waals surface area contributed by atoms with E-state index in [1.807, 2.05) is 0 Å². The summed E-state index contributed by atoms with van der Waals surface area (Å²) in [7, 11) is 0. The average molecular weight is 193 g/mol. The number of aliphatic carboxylic acids is 1. The minimum absolute atomic E-state index is 0.346. The van der Waals surface area contributed by atoms with Gasteiger partial charge in [0, 0.05) is 0 Å². The molecule has 1 unspecified atom stereocenters. The normalized spacial score (nSPS) is 16.4. The van der Waals surface area contributed by atoms with Crippen molar-refractivity contribution in [1.29, 1.82) is 0 Å². The zero-order valence-electron chi connectivity index (χ0n) is 7.60. The number of carboxylic acids is 1. The third kappa shape index (κ3) is 1.46. The Labute approximate surface area is 81.0 Å². The van der Waals surface area contributed by atoms with Crippen LogP contribution in [0, 0.1) is 0 Å². The number of carbonyl (C=O) groups is 1. The van der Waals surface area contributed by atoms with Crippen LogP contribution in [0.3, 0.4) is 0 Å². The molecule has 5 nitrogen and oxygen atoms in total. The second kappa shape index (κ2) is 3.34. The van der Waals surface area contributed by atoms with E-state index in [0.717, 1.165) is 30.7 Å². The Morgan fingerprint density at radius 3 is 2.93 bits per heavy atom. The van der Waals surface area contributed by atoms with Crippen molar-refractivity contribution in [1.82, 2.24) is 9.97 Å². The minimum Gasteiger partial charge on any atom is -0.480 e. The molecule has 1 aliphatic carbocycles. The number of aromatic nitrogens is 2. The quantitative estimate of drug-likeness (QED) is 0.692. The molecule has 3 N–H and O–H groups in total. The first-order valence-electron chi connectivity index (χ1n) is 4.51. The Bertz CT molecular complexity index is 378. The highest BCUT2D eigenvalue weighted by molar-refractivity contribution is 5.74. The third-order valence-corrected chi connectivity index (χ3v) is 2.36. The second-order valence-electron chi connectivity index (χ2n) is 3.36. The molecule has 0 radical (unpaired) electrons. The first-order chi connectivity index (χ1) is 6.68. The van der Waals surface area contributed by atoms with Crippen LogP contribution in [-0.4, -0.2) is 21.0 Å². The number of nitrogens with zero attached hydrogens (tertiary/aromatic N) is 2. The van der Waals surface area contributed by atoms with E-state index in [0.29, 0.717) is 5.69 Å². The van der Waals surface area contributed by atoms with E-state index in [2.05, 4.69) is 9.97 Å².